The minimum Gasteiger partial charge on any atom is -0.465 e. The lowest BCUT2D eigenvalue weighted by Gasteiger charge is -2.59. The maximum absolute atomic E-state index is 11.6. The SMILES string of the molecule is CN(C(=O)O)c1ccc(C2=C[C@@]3(C)[C@@H](CCC34OCCO4)[C@@H]3CC=C4CC5(CC[C@]4(C)[C@@H]23)OCCO5)cc1. The van der Waals surface area contributed by atoms with E-state index in [1.807, 2.05) is 12.1 Å². The summed E-state index contributed by atoms with van der Waals surface area (Å²) in [5.74, 6) is 0.332. The molecule has 0 radical (unpaired) electrons. The van der Waals surface area contributed by atoms with Gasteiger partial charge in [-0.2, -0.15) is 0 Å². The van der Waals surface area contributed by atoms with Crippen molar-refractivity contribution in [2.24, 2.45) is 28.6 Å². The topological polar surface area (TPSA) is 77.5 Å². The molecule has 1 aromatic carbocycles. The number of fused-ring (bicyclic) bond motifs is 6. The molecule has 0 unspecified atom stereocenters. The number of rotatable bonds is 2. The van der Waals surface area contributed by atoms with E-state index in [1.165, 1.54) is 21.6 Å². The highest BCUT2D eigenvalue weighted by molar-refractivity contribution is 5.86. The number of allylic oxidation sites excluding steroid dienone is 2. The summed E-state index contributed by atoms with van der Waals surface area (Å²) in [4.78, 5) is 12.8. The van der Waals surface area contributed by atoms with E-state index in [-0.39, 0.29) is 10.8 Å². The molecule has 38 heavy (non-hydrogen) atoms. The van der Waals surface area contributed by atoms with Crippen LogP contribution in [0.15, 0.2) is 42.0 Å². The van der Waals surface area contributed by atoms with Crippen LogP contribution in [0.5, 0.6) is 0 Å². The van der Waals surface area contributed by atoms with Crippen molar-refractivity contribution in [3.63, 3.8) is 0 Å². The molecule has 1 amide bonds. The molecule has 0 bridgehead atoms. The number of carbonyl (C=O) groups is 1. The summed E-state index contributed by atoms with van der Waals surface area (Å²) in [6.45, 7) is 7.49. The van der Waals surface area contributed by atoms with Gasteiger partial charge in [-0.3, -0.25) is 4.90 Å². The number of nitrogens with zero attached hydrogens (tertiary/aromatic N) is 1. The standard InChI is InChI=1S/C31H39NO6/c1-28-12-13-30(35-14-15-36-30)18-21(28)6-9-23-25-10-11-31(37-16-17-38-31)29(25,2)19-24(26(23)28)20-4-7-22(8-5-20)32(3)27(33)34/h4-8,19,23,25-26H,9-18H2,1-3H3,(H,33,34)/t23-,25-,26+,28-,29-/m0/s1. The molecular weight excluding hydrogens is 482 g/mol. The summed E-state index contributed by atoms with van der Waals surface area (Å²) in [7, 11) is 1.58. The first kappa shape index (κ1) is 24.8. The molecule has 4 fully saturated rings. The molecule has 0 aromatic heterocycles. The predicted octanol–water partition coefficient (Wildman–Crippen LogP) is 5.85. The van der Waals surface area contributed by atoms with Gasteiger partial charge in [-0.1, -0.05) is 43.7 Å². The third kappa shape index (κ3) is 3.31. The summed E-state index contributed by atoms with van der Waals surface area (Å²) < 4.78 is 25.2. The number of ether oxygens (including phenoxy) is 4. The van der Waals surface area contributed by atoms with Crippen LogP contribution < -0.4 is 4.90 Å². The van der Waals surface area contributed by atoms with Crippen molar-refractivity contribution in [1.29, 1.82) is 0 Å². The number of amides is 1. The van der Waals surface area contributed by atoms with E-state index >= 15 is 0 Å². The second-order valence-electron chi connectivity index (χ2n) is 12.7. The van der Waals surface area contributed by atoms with Crippen molar-refractivity contribution in [1.82, 2.24) is 0 Å². The molecule has 2 heterocycles. The first-order chi connectivity index (χ1) is 18.2. The molecule has 7 rings (SSSR count). The van der Waals surface area contributed by atoms with Gasteiger partial charge in [0.25, 0.3) is 0 Å². The van der Waals surface area contributed by atoms with Crippen LogP contribution in [0, 0.1) is 28.6 Å². The lowest BCUT2D eigenvalue weighted by molar-refractivity contribution is -0.215. The van der Waals surface area contributed by atoms with Gasteiger partial charge in [0, 0.05) is 37.4 Å². The fraction of sp³-hybridized carbons (Fsp3) is 0.645. The maximum Gasteiger partial charge on any atom is 0.411 e. The summed E-state index contributed by atoms with van der Waals surface area (Å²) in [5, 5.41) is 9.47. The number of hydrogen-bond donors (Lipinski definition) is 1. The molecule has 7 nitrogen and oxygen atoms in total. The van der Waals surface area contributed by atoms with E-state index in [4.69, 9.17) is 18.9 Å². The monoisotopic (exact) mass is 521 g/mol. The highest BCUT2D eigenvalue weighted by Gasteiger charge is 2.67. The average molecular weight is 522 g/mol. The van der Waals surface area contributed by atoms with E-state index < -0.39 is 17.7 Å². The number of hydrogen-bond acceptors (Lipinski definition) is 5. The van der Waals surface area contributed by atoms with Crippen molar-refractivity contribution in [2.45, 2.75) is 63.9 Å². The highest BCUT2D eigenvalue weighted by atomic mass is 16.7. The summed E-state index contributed by atoms with van der Waals surface area (Å²) >= 11 is 0. The second-order valence-corrected chi connectivity index (χ2v) is 12.7. The Hall–Kier alpha value is -2.19. The van der Waals surface area contributed by atoms with Crippen LogP contribution in [0.1, 0.15) is 57.9 Å². The van der Waals surface area contributed by atoms with E-state index in [0.29, 0.717) is 49.9 Å². The van der Waals surface area contributed by atoms with Gasteiger partial charge in [0.15, 0.2) is 11.6 Å². The van der Waals surface area contributed by atoms with Crippen molar-refractivity contribution in [3.8, 4) is 0 Å². The largest absolute Gasteiger partial charge is 0.465 e. The van der Waals surface area contributed by atoms with Crippen LogP contribution >= 0.6 is 0 Å². The van der Waals surface area contributed by atoms with Crippen molar-refractivity contribution < 1.29 is 28.8 Å². The van der Waals surface area contributed by atoms with Gasteiger partial charge < -0.3 is 24.1 Å². The van der Waals surface area contributed by atoms with Crippen LogP contribution in [0.4, 0.5) is 10.5 Å². The van der Waals surface area contributed by atoms with Crippen molar-refractivity contribution in [3.05, 3.63) is 47.6 Å². The zero-order valence-electron chi connectivity index (χ0n) is 22.7. The summed E-state index contributed by atoms with van der Waals surface area (Å²) in [5.41, 5.74) is 4.47. The lowest BCUT2D eigenvalue weighted by atomic mass is 9.47. The van der Waals surface area contributed by atoms with Crippen LogP contribution in [-0.4, -0.2) is 56.2 Å². The van der Waals surface area contributed by atoms with Gasteiger partial charge in [0.1, 0.15) is 0 Å². The fourth-order valence-corrected chi connectivity index (χ4v) is 9.10. The predicted molar refractivity (Wildman–Crippen MR) is 143 cm³/mol. The minimum atomic E-state index is -0.962. The second kappa shape index (κ2) is 8.40. The molecular formula is C31H39NO6. The van der Waals surface area contributed by atoms with E-state index in [9.17, 15) is 9.90 Å². The molecule has 7 heteroatoms. The average Bonchev–Trinajstić information content (AvgIpc) is 3.65. The summed E-state index contributed by atoms with van der Waals surface area (Å²) in [6, 6.07) is 8.07. The Morgan fingerprint density at radius 3 is 2.34 bits per heavy atom. The minimum absolute atomic E-state index is 0.0142. The van der Waals surface area contributed by atoms with Crippen molar-refractivity contribution >= 4 is 17.4 Å². The molecule has 6 aliphatic rings. The van der Waals surface area contributed by atoms with Gasteiger partial charge >= 0.3 is 6.09 Å². The Kier molecular flexibility index (Phi) is 5.49. The van der Waals surface area contributed by atoms with Crippen LogP contribution in [0.2, 0.25) is 0 Å². The molecule has 1 aromatic rings. The Bertz CT molecular complexity index is 1190. The maximum atomic E-state index is 11.6. The Morgan fingerprint density at radius 2 is 1.66 bits per heavy atom. The zero-order chi connectivity index (χ0) is 26.3. The van der Waals surface area contributed by atoms with Gasteiger partial charge in [-0.15, -0.1) is 0 Å². The fourth-order valence-electron chi connectivity index (χ4n) is 9.10. The molecule has 2 saturated carbocycles. The first-order valence-electron chi connectivity index (χ1n) is 14.3. The van der Waals surface area contributed by atoms with Gasteiger partial charge in [0.05, 0.1) is 26.4 Å². The molecule has 2 spiro atoms. The number of carboxylic acid groups (broad SMARTS) is 1. The smallest absolute Gasteiger partial charge is 0.411 e. The van der Waals surface area contributed by atoms with Crippen LogP contribution in [0.25, 0.3) is 5.57 Å². The first-order valence-corrected chi connectivity index (χ1v) is 14.3. The molecule has 4 aliphatic carbocycles. The van der Waals surface area contributed by atoms with E-state index in [1.54, 1.807) is 7.05 Å². The molecule has 204 valence electrons. The molecule has 2 saturated heterocycles. The third-order valence-electron chi connectivity index (χ3n) is 11.1. The molecule has 1 N–H and O–H groups in total. The normalized spacial score (nSPS) is 38.3. The summed E-state index contributed by atoms with van der Waals surface area (Å²) in [6.07, 6.45) is 9.93. The van der Waals surface area contributed by atoms with Crippen molar-refractivity contribution in [2.75, 3.05) is 38.4 Å². The van der Waals surface area contributed by atoms with Gasteiger partial charge in [-0.05, 0) is 65.7 Å². The number of benzene rings is 1. The zero-order valence-corrected chi connectivity index (χ0v) is 22.7. The van der Waals surface area contributed by atoms with Gasteiger partial charge in [-0.25, -0.2) is 4.79 Å². The molecule has 5 atom stereocenters. The molecule has 2 aliphatic heterocycles. The Balaban J connectivity index is 1.34. The Morgan fingerprint density at radius 1 is 0.974 bits per heavy atom. The van der Waals surface area contributed by atoms with Gasteiger partial charge in [0.2, 0.25) is 0 Å². The number of anilines is 1. The van der Waals surface area contributed by atoms with E-state index in [0.717, 1.165) is 38.5 Å². The Labute approximate surface area is 224 Å². The highest BCUT2D eigenvalue weighted by Crippen LogP contribution is 2.69. The van der Waals surface area contributed by atoms with Crippen LogP contribution in [-0.2, 0) is 18.9 Å². The van der Waals surface area contributed by atoms with Crippen LogP contribution in [0.3, 0.4) is 0 Å². The lowest BCUT2D eigenvalue weighted by Crippen LogP contribution is -2.54. The quantitative estimate of drug-likeness (QED) is 0.492. The van der Waals surface area contributed by atoms with E-state index in [2.05, 4.69) is 38.1 Å². The third-order valence-corrected chi connectivity index (χ3v) is 11.1.